The van der Waals surface area contributed by atoms with Gasteiger partial charge in [-0.05, 0) is 24.5 Å². The number of carbonyl (C=O) groups is 1. The molecule has 0 aliphatic heterocycles. The largest absolute Gasteiger partial charge is 0.460 e. The van der Waals surface area contributed by atoms with E-state index in [0.29, 0.717) is 17.6 Å². The van der Waals surface area contributed by atoms with Crippen LogP contribution < -0.4 is 11.2 Å². The van der Waals surface area contributed by atoms with Gasteiger partial charge in [0.1, 0.15) is 16.5 Å². The molecule has 0 unspecified atom stereocenters. The highest BCUT2D eigenvalue weighted by atomic mass is 35.5. The van der Waals surface area contributed by atoms with Crippen LogP contribution in [0.1, 0.15) is 41.3 Å². The number of halogens is 3. The quantitative estimate of drug-likeness (QED) is 0.469. The molecule has 9 heteroatoms. The monoisotopic (exact) mass is 386 g/mol. The minimum atomic E-state index is -0.663. The maximum Gasteiger partial charge on any atom is 0.291 e. The van der Waals surface area contributed by atoms with Gasteiger partial charge in [-0.3, -0.25) is 4.79 Å². The van der Waals surface area contributed by atoms with Gasteiger partial charge in [0.25, 0.3) is 5.91 Å². The smallest absolute Gasteiger partial charge is 0.291 e. The summed E-state index contributed by atoms with van der Waals surface area (Å²) in [7, 11) is 0. The zero-order valence-corrected chi connectivity index (χ0v) is 14.8. The second-order valence-corrected chi connectivity index (χ2v) is 6.67. The molecule has 3 N–H and O–H groups in total. The molecule has 1 aliphatic rings. The van der Waals surface area contributed by atoms with Crippen LogP contribution >= 0.6 is 34.8 Å². The Morgan fingerprint density at radius 2 is 2.12 bits per heavy atom. The SMILES string of the molecule is C[C@H]1C[C@@H]1c1ccc(/C=N/NC(=O)c2nc(Cl)c(Cl)c(N)c2Cl)o1. The Labute approximate surface area is 153 Å². The van der Waals surface area contributed by atoms with E-state index in [2.05, 4.69) is 22.4 Å². The highest BCUT2D eigenvalue weighted by Crippen LogP contribution is 2.47. The molecule has 2 atom stereocenters. The molecule has 0 aromatic carbocycles. The summed E-state index contributed by atoms with van der Waals surface area (Å²) in [5.74, 6) is 1.93. The van der Waals surface area contributed by atoms with E-state index < -0.39 is 5.91 Å². The van der Waals surface area contributed by atoms with E-state index in [0.717, 1.165) is 12.2 Å². The molecule has 3 rings (SSSR count). The number of pyridine rings is 1. The molecular weight excluding hydrogens is 375 g/mol. The van der Waals surface area contributed by atoms with Crippen LogP contribution in [0.4, 0.5) is 5.69 Å². The number of furan rings is 1. The van der Waals surface area contributed by atoms with Gasteiger partial charge in [0.05, 0.1) is 16.9 Å². The van der Waals surface area contributed by atoms with Crippen LogP contribution in [-0.4, -0.2) is 17.1 Å². The van der Waals surface area contributed by atoms with Gasteiger partial charge >= 0.3 is 0 Å². The van der Waals surface area contributed by atoms with E-state index in [1.807, 2.05) is 6.07 Å². The summed E-state index contributed by atoms with van der Waals surface area (Å²) >= 11 is 17.6. The fourth-order valence-corrected chi connectivity index (χ4v) is 2.84. The number of hydrazone groups is 1. The molecule has 2 aromatic rings. The van der Waals surface area contributed by atoms with E-state index in [1.54, 1.807) is 6.07 Å². The zero-order chi connectivity index (χ0) is 17.4. The van der Waals surface area contributed by atoms with Gasteiger partial charge in [-0.2, -0.15) is 5.10 Å². The number of carbonyl (C=O) groups excluding carboxylic acids is 1. The van der Waals surface area contributed by atoms with Crippen molar-refractivity contribution in [2.45, 2.75) is 19.3 Å². The summed E-state index contributed by atoms with van der Waals surface area (Å²) in [5, 5.41) is 3.63. The van der Waals surface area contributed by atoms with E-state index in [-0.39, 0.29) is 26.6 Å². The summed E-state index contributed by atoms with van der Waals surface area (Å²) in [5.41, 5.74) is 7.79. The van der Waals surface area contributed by atoms with Crippen LogP contribution in [0.15, 0.2) is 21.7 Å². The number of nitrogens with zero attached hydrogens (tertiary/aromatic N) is 2. The minimum absolute atomic E-state index is 0.000799. The van der Waals surface area contributed by atoms with Crippen LogP contribution in [0.3, 0.4) is 0 Å². The first-order chi connectivity index (χ1) is 11.4. The maximum atomic E-state index is 12.1. The molecule has 1 amide bonds. The third-order valence-corrected chi connectivity index (χ3v) is 4.90. The van der Waals surface area contributed by atoms with E-state index in [1.165, 1.54) is 6.21 Å². The van der Waals surface area contributed by atoms with Gasteiger partial charge in [-0.1, -0.05) is 41.7 Å². The molecule has 0 radical (unpaired) electrons. The molecule has 2 heterocycles. The van der Waals surface area contributed by atoms with Gasteiger partial charge in [-0.25, -0.2) is 10.4 Å². The average molecular weight is 388 g/mol. The lowest BCUT2D eigenvalue weighted by Crippen LogP contribution is -2.20. The molecule has 1 saturated carbocycles. The second kappa shape index (κ2) is 6.63. The first kappa shape index (κ1) is 17.1. The number of anilines is 1. The highest BCUT2D eigenvalue weighted by Gasteiger charge is 2.36. The van der Waals surface area contributed by atoms with Crippen LogP contribution in [0.5, 0.6) is 0 Å². The summed E-state index contributed by atoms with van der Waals surface area (Å²) < 4.78 is 5.64. The van der Waals surface area contributed by atoms with Gasteiger partial charge < -0.3 is 10.2 Å². The third kappa shape index (κ3) is 3.36. The van der Waals surface area contributed by atoms with E-state index in [9.17, 15) is 4.79 Å². The van der Waals surface area contributed by atoms with Gasteiger partial charge in [0, 0.05) is 5.92 Å². The first-order valence-corrected chi connectivity index (χ1v) is 8.25. The number of rotatable bonds is 4. The minimum Gasteiger partial charge on any atom is -0.460 e. The van der Waals surface area contributed by atoms with Crippen molar-refractivity contribution in [1.82, 2.24) is 10.4 Å². The topological polar surface area (TPSA) is 93.5 Å². The molecule has 1 aliphatic carbocycles. The summed E-state index contributed by atoms with van der Waals surface area (Å²) in [6, 6.07) is 3.70. The zero-order valence-electron chi connectivity index (χ0n) is 12.5. The van der Waals surface area contributed by atoms with Crippen LogP contribution in [0.2, 0.25) is 15.2 Å². The van der Waals surface area contributed by atoms with Crippen LogP contribution in [-0.2, 0) is 0 Å². The highest BCUT2D eigenvalue weighted by molar-refractivity contribution is 6.46. The first-order valence-electron chi connectivity index (χ1n) is 7.11. The Balaban J connectivity index is 1.68. The number of nitrogens with two attached hydrogens (primary N) is 1. The van der Waals surface area contributed by atoms with Crippen LogP contribution in [0.25, 0.3) is 0 Å². The second-order valence-electron chi connectivity index (χ2n) is 5.55. The molecule has 6 nitrogen and oxygen atoms in total. The predicted octanol–water partition coefficient (Wildman–Crippen LogP) is 4.10. The molecule has 0 saturated heterocycles. The number of nitrogens with one attached hydrogen (secondary N) is 1. The van der Waals surface area contributed by atoms with Crippen molar-refractivity contribution in [2.75, 3.05) is 5.73 Å². The van der Waals surface area contributed by atoms with Gasteiger partial charge in [-0.15, -0.1) is 0 Å². The molecule has 24 heavy (non-hydrogen) atoms. The van der Waals surface area contributed by atoms with Crippen molar-refractivity contribution in [3.63, 3.8) is 0 Å². The van der Waals surface area contributed by atoms with Crippen LogP contribution in [0, 0.1) is 5.92 Å². The number of aromatic nitrogens is 1. The predicted molar refractivity (Wildman–Crippen MR) is 94.0 cm³/mol. The van der Waals surface area contributed by atoms with Crippen molar-refractivity contribution >= 4 is 52.6 Å². The standard InChI is InChI=1S/C15H13Cl3N4O2/c1-6-4-8(6)9-3-2-7(24-9)5-20-22-15(23)13-10(16)12(19)11(17)14(18)21-13/h2-3,5-6,8H,4H2,1H3,(H2,19,21)(H,22,23)/b20-5+/t6-,8-/m0/s1. The Bertz CT molecular complexity index is 834. The Morgan fingerprint density at radius 1 is 1.42 bits per heavy atom. The lowest BCUT2D eigenvalue weighted by Gasteiger charge is -2.07. The summed E-state index contributed by atoms with van der Waals surface area (Å²) in [6.45, 7) is 2.17. The molecule has 126 valence electrons. The fraction of sp³-hybridized carbons (Fsp3) is 0.267. The lowest BCUT2D eigenvalue weighted by atomic mass is 10.3. The third-order valence-electron chi connectivity index (χ3n) is 3.77. The van der Waals surface area contributed by atoms with Crippen molar-refractivity contribution in [3.05, 3.63) is 44.5 Å². The molecule has 2 aromatic heterocycles. The van der Waals surface area contributed by atoms with E-state index in [4.69, 9.17) is 45.0 Å². The number of amides is 1. The normalized spacial score (nSPS) is 19.7. The van der Waals surface area contributed by atoms with Crippen molar-refractivity contribution in [3.8, 4) is 0 Å². The Kier molecular flexibility index (Phi) is 4.71. The molecule has 0 spiro atoms. The number of hydrogen-bond acceptors (Lipinski definition) is 5. The van der Waals surface area contributed by atoms with Crippen molar-refractivity contribution < 1.29 is 9.21 Å². The summed E-state index contributed by atoms with van der Waals surface area (Å²) in [6.07, 6.45) is 2.52. The molecule has 1 fully saturated rings. The van der Waals surface area contributed by atoms with Gasteiger partial charge in [0.2, 0.25) is 0 Å². The molecular formula is C15H13Cl3N4O2. The van der Waals surface area contributed by atoms with Gasteiger partial charge in [0.15, 0.2) is 10.8 Å². The summed E-state index contributed by atoms with van der Waals surface area (Å²) in [4.78, 5) is 15.9. The Hall–Kier alpha value is -1.76. The maximum absolute atomic E-state index is 12.1. The Morgan fingerprint density at radius 3 is 2.79 bits per heavy atom. The van der Waals surface area contributed by atoms with Crippen molar-refractivity contribution in [2.24, 2.45) is 11.0 Å². The molecule has 0 bridgehead atoms. The van der Waals surface area contributed by atoms with Crippen molar-refractivity contribution in [1.29, 1.82) is 0 Å². The number of hydrogen-bond donors (Lipinski definition) is 2. The number of nitrogen functional groups attached to an aromatic ring is 1. The lowest BCUT2D eigenvalue weighted by molar-refractivity contribution is 0.0950. The fourth-order valence-electron chi connectivity index (χ4n) is 2.24. The van der Waals surface area contributed by atoms with E-state index >= 15 is 0 Å². The average Bonchev–Trinajstić information content (AvgIpc) is 3.09.